The number of carbonyl (C=O) groups excluding carboxylic acids is 2. The summed E-state index contributed by atoms with van der Waals surface area (Å²) in [6.07, 6.45) is 1.25. The number of hydrogen-bond donors (Lipinski definition) is 0. The SMILES string of the molecule is COC(=O)c1ccccc1-c1ccc2ccn(C(=O)OC(C)(C)C)c2c1. The van der Waals surface area contributed by atoms with Gasteiger partial charge in [-0.1, -0.05) is 30.3 Å². The highest BCUT2D eigenvalue weighted by molar-refractivity contribution is 5.99. The predicted octanol–water partition coefficient (Wildman–Crippen LogP) is 4.88. The molecule has 2 aromatic carbocycles. The first kappa shape index (κ1) is 17.7. The van der Waals surface area contributed by atoms with Gasteiger partial charge in [0, 0.05) is 11.6 Å². The van der Waals surface area contributed by atoms with Crippen molar-refractivity contribution in [2.24, 2.45) is 0 Å². The van der Waals surface area contributed by atoms with Gasteiger partial charge >= 0.3 is 12.1 Å². The Hall–Kier alpha value is -3.08. The summed E-state index contributed by atoms with van der Waals surface area (Å²) in [5.74, 6) is -0.400. The van der Waals surface area contributed by atoms with Crippen molar-refractivity contribution in [3.05, 3.63) is 60.3 Å². The molecule has 0 fully saturated rings. The number of hydrogen-bond acceptors (Lipinski definition) is 4. The van der Waals surface area contributed by atoms with Gasteiger partial charge in [-0.05, 0) is 50.1 Å². The first-order valence-electron chi connectivity index (χ1n) is 8.32. The van der Waals surface area contributed by atoms with Crippen LogP contribution in [0.2, 0.25) is 0 Å². The molecule has 0 saturated heterocycles. The largest absolute Gasteiger partial charge is 0.465 e. The topological polar surface area (TPSA) is 57.5 Å². The zero-order valence-electron chi connectivity index (χ0n) is 15.3. The van der Waals surface area contributed by atoms with Gasteiger partial charge in [0.25, 0.3) is 0 Å². The van der Waals surface area contributed by atoms with Crippen molar-refractivity contribution in [3.8, 4) is 11.1 Å². The number of carbonyl (C=O) groups is 2. The average Bonchev–Trinajstić information content (AvgIpc) is 3.03. The molecule has 0 aliphatic heterocycles. The lowest BCUT2D eigenvalue weighted by molar-refractivity contribution is 0.0542. The molecule has 3 aromatic rings. The van der Waals surface area contributed by atoms with E-state index >= 15 is 0 Å². The van der Waals surface area contributed by atoms with Crippen molar-refractivity contribution in [1.82, 2.24) is 4.57 Å². The Morgan fingerprint density at radius 3 is 2.42 bits per heavy atom. The summed E-state index contributed by atoms with van der Waals surface area (Å²) in [7, 11) is 1.36. The lowest BCUT2D eigenvalue weighted by atomic mass is 9.99. The number of rotatable bonds is 2. The third-order valence-electron chi connectivity index (χ3n) is 3.93. The number of fused-ring (bicyclic) bond motifs is 1. The molecule has 0 N–H and O–H groups in total. The van der Waals surface area contributed by atoms with Gasteiger partial charge in [0.05, 0.1) is 18.2 Å². The number of benzene rings is 2. The second-order valence-corrected chi connectivity index (χ2v) is 6.98. The maximum atomic E-state index is 12.5. The van der Waals surface area contributed by atoms with E-state index in [1.54, 1.807) is 18.3 Å². The van der Waals surface area contributed by atoms with Gasteiger partial charge in [-0.3, -0.25) is 4.57 Å². The fraction of sp³-hybridized carbons (Fsp3) is 0.238. The molecule has 5 nitrogen and oxygen atoms in total. The normalized spacial score (nSPS) is 11.4. The minimum absolute atomic E-state index is 0.400. The summed E-state index contributed by atoms with van der Waals surface area (Å²) in [6, 6.07) is 14.8. The third kappa shape index (κ3) is 3.47. The number of aromatic nitrogens is 1. The molecule has 0 unspecified atom stereocenters. The van der Waals surface area contributed by atoms with Gasteiger partial charge in [-0.15, -0.1) is 0 Å². The molecule has 0 aliphatic rings. The van der Waals surface area contributed by atoms with Crippen LogP contribution >= 0.6 is 0 Å². The van der Waals surface area contributed by atoms with Crippen LogP contribution in [0.1, 0.15) is 31.1 Å². The van der Waals surface area contributed by atoms with Crippen molar-refractivity contribution in [2.45, 2.75) is 26.4 Å². The average molecular weight is 351 g/mol. The van der Waals surface area contributed by atoms with E-state index in [0.717, 1.165) is 22.0 Å². The van der Waals surface area contributed by atoms with E-state index < -0.39 is 17.7 Å². The highest BCUT2D eigenvalue weighted by Crippen LogP contribution is 2.28. The van der Waals surface area contributed by atoms with E-state index in [1.165, 1.54) is 11.7 Å². The summed E-state index contributed by atoms with van der Waals surface area (Å²) >= 11 is 0. The highest BCUT2D eigenvalue weighted by Gasteiger charge is 2.20. The van der Waals surface area contributed by atoms with E-state index in [9.17, 15) is 9.59 Å². The molecule has 0 saturated carbocycles. The van der Waals surface area contributed by atoms with E-state index in [-0.39, 0.29) is 0 Å². The van der Waals surface area contributed by atoms with Crippen LogP contribution in [0.15, 0.2) is 54.7 Å². The molecule has 26 heavy (non-hydrogen) atoms. The molecule has 0 aliphatic carbocycles. The lowest BCUT2D eigenvalue weighted by Gasteiger charge is -2.20. The van der Waals surface area contributed by atoms with Crippen LogP contribution in [0.25, 0.3) is 22.0 Å². The number of ether oxygens (including phenoxy) is 2. The number of methoxy groups -OCH3 is 1. The van der Waals surface area contributed by atoms with Gasteiger partial charge in [-0.2, -0.15) is 0 Å². The summed E-state index contributed by atoms with van der Waals surface area (Å²) in [5, 5.41) is 0.912. The van der Waals surface area contributed by atoms with Crippen LogP contribution in [-0.4, -0.2) is 29.3 Å². The summed E-state index contributed by atoms with van der Waals surface area (Å²) in [5.41, 5.74) is 2.18. The molecular weight excluding hydrogens is 330 g/mol. The Kier molecular flexibility index (Phi) is 4.55. The van der Waals surface area contributed by atoms with E-state index in [2.05, 4.69) is 0 Å². The second-order valence-electron chi connectivity index (χ2n) is 6.98. The van der Waals surface area contributed by atoms with Gasteiger partial charge < -0.3 is 9.47 Å². The maximum absolute atomic E-state index is 12.5. The monoisotopic (exact) mass is 351 g/mol. The Morgan fingerprint density at radius 2 is 1.73 bits per heavy atom. The second kappa shape index (κ2) is 6.67. The van der Waals surface area contributed by atoms with Crippen molar-refractivity contribution >= 4 is 23.0 Å². The lowest BCUT2D eigenvalue weighted by Crippen LogP contribution is -2.26. The minimum Gasteiger partial charge on any atom is -0.465 e. The van der Waals surface area contributed by atoms with Gasteiger partial charge in [-0.25, -0.2) is 9.59 Å². The first-order chi connectivity index (χ1) is 12.3. The minimum atomic E-state index is -0.581. The molecule has 0 spiro atoms. The fourth-order valence-electron chi connectivity index (χ4n) is 2.79. The Labute approximate surface area is 152 Å². The Morgan fingerprint density at radius 1 is 1.00 bits per heavy atom. The molecule has 134 valence electrons. The molecule has 0 radical (unpaired) electrons. The molecule has 3 rings (SSSR count). The summed E-state index contributed by atoms with van der Waals surface area (Å²) < 4.78 is 11.8. The predicted molar refractivity (Wildman–Crippen MR) is 100 cm³/mol. The number of nitrogens with zero attached hydrogens (tertiary/aromatic N) is 1. The van der Waals surface area contributed by atoms with Crippen LogP contribution in [0, 0.1) is 0 Å². The molecule has 0 bridgehead atoms. The molecule has 1 aromatic heterocycles. The van der Waals surface area contributed by atoms with Crippen LogP contribution in [0.4, 0.5) is 4.79 Å². The molecule has 0 atom stereocenters. The molecular formula is C21H21NO4. The Balaban J connectivity index is 2.09. The van der Waals surface area contributed by atoms with Crippen LogP contribution < -0.4 is 0 Å². The van der Waals surface area contributed by atoms with Gasteiger partial charge in [0.1, 0.15) is 5.60 Å². The van der Waals surface area contributed by atoms with Gasteiger partial charge in [0.15, 0.2) is 0 Å². The quantitative estimate of drug-likeness (QED) is 0.618. The van der Waals surface area contributed by atoms with Crippen molar-refractivity contribution in [2.75, 3.05) is 7.11 Å². The number of esters is 1. The van der Waals surface area contributed by atoms with Crippen LogP contribution in [-0.2, 0) is 9.47 Å². The Bertz CT molecular complexity index is 979. The molecule has 1 heterocycles. The zero-order valence-corrected chi connectivity index (χ0v) is 15.3. The van der Waals surface area contributed by atoms with E-state index in [1.807, 2.05) is 57.2 Å². The van der Waals surface area contributed by atoms with Crippen molar-refractivity contribution < 1.29 is 19.1 Å². The summed E-state index contributed by atoms with van der Waals surface area (Å²) in [4.78, 5) is 24.5. The third-order valence-corrected chi connectivity index (χ3v) is 3.93. The summed E-state index contributed by atoms with van der Waals surface area (Å²) in [6.45, 7) is 5.48. The van der Waals surface area contributed by atoms with E-state index in [4.69, 9.17) is 9.47 Å². The van der Waals surface area contributed by atoms with Crippen LogP contribution in [0.5, 0.6) is 0 Å². The zero-order chi connectivity index (χ0) is 18.9. The van der Waals surface area contributed by atoms with Crippen LogP contribution in [0.3, 0.4) is 0 Å². The maximum Gasteiger partial charge on any atom is 0.418 e. The standard InChI is InChI=1S/C21H21NO4/c1-21(2,3)26-20(24)22-12-11-14-9-10-15(13-18(14)22)16-7-5-6-8-17(16)19(23)25-4/h5-13H,1-4H3. The van der Waals surface area contributed by atoms with E-state index in [0.29, 0.717) is 5.56 Å². The first-order valence-corrected chi connectivity index (χ1v) is 8.32. The van der Waals surface area contributed by atoms with Gasteiger partial charge in [0.2, 0.25) is 0 Å². The fourth-order valence-corrected chi connectivity index (χ4v) is 2.79. The van der Waals surface area contributed by atoms with Crippen molar-refractivity contribution in [1.29, 1.82) is 0 Å². The smallest absolute Gasteiger partial charge is 0.418 e. The molecule has 0 amide bonds. The highest BCUT2D eigenvalue weighted by atomic mass is 16.6. The molecule has 5 heteroatoms. The van der Waals surface area contributed by atoms with Crippen molar-refractivity contribution in [3.63, 3.8) is 0 Å².